The maximum Gasteiger partial charge on any atom is 0.236 e. The quantitative estimate of drug-likeness (QED) is 0.493. The summed E-state index contributed by atoms with van der Waals surface area (Å²) in [6, 6.07) is 6.01. The van der Waals surface area contributed by atoms with Gasteiger partial charge in [-0.15, -0.1) is 27.0 Å². The zero-order valence-electron chi connectivity index (χ0n) is 13.8. The smallest absolute Gasteiger partial charge is 0.236 e. The topological polar surface area (TPSA) is 85.6 Å². The second-order valence-electron chi connectivity index (χ2n) is 5.18. The number of halogens is 1. The summed E-state index contributed by atoms with van der Waals surface area (Å²) in [6.45, 7) is 6.03. The Kier molecular flexibility index (Phi) is 5.74. The SMILES string of the molecule is C=CCn1c(SCC(=O)Nc2nnc(C)s2)nnc1-c1ccc(F)cc1. The van der Waals surface area contributed by atoms with Gasteiger partial charge in [0.25, 0.3) is 0 Å². The van der Waals surface area contributed by atoms with E-state index >= 15 is 0 Å². The van der Waals surface area contributed by atoms with Crippen LogP contribution in [-0.2, 0) is 11.3 Å². The third kappa shape index (κ3) is 4.33. The molecule has 7 nitrogen and oxygen atoms in total. The van der Waals surface area contributed by atoms with E-state index in [0.29, 0.717) is 22.7 Å². The minimum absolute atomic E-state index is 0.150. The number of carbonyl (C=O) groups excluding carboxylic acids is 1. The molecule has 0 unspecified atom stereocenters. The van der Waals surface area contributed by atoms with Crippen molar-refractivity contribution in [3.05, 3.63) is 47.7 Å². The minimum Gasteiger partial charge on any atom is -0.300 e. The highest BCUT2D eigenvalue weighted by molar-refractivity contribution is 7.99. The van der Waals surface area contributed by atoms with Crippen LogP contribution < -0.4 is 5.32 Å². The van der Waals surface area contributed by atoms with Gasteiger partial charge in [0.1, 0.15) is 10.8 Å². The van der Waals surface area contributed by atoms with Gasteiger partial charge in [0.05, 0.1) is 5.75 Å². The van der Waals surface area contributed by atoms with Gasteiger partial charge in [-0.05, 0) is 31.2 Å². The van der Waals surface area contributed by atoms with Crippen molar-refractivity contribution >= 4 is 34.1 Å². The van der Waals surface area contributed by atoms with E-state index in [2.05, 4.69) is 32.3 Å². The van der Waals surface area contributed by atoms with Crippen LogP contribution in [0.1, 0.15) is 5.01 Å². The first-order valence-electron chi connectivity index (χ1n) is 7.59. The van der Waals surface area contributed by atoms with Crippen LogP contribution in [0.3, 0.4) is 0 Å². The van der Waals surface area contributed by atoms with E-state index in [1.807, 2.05) is 11.5 Å². The average molecular weight is 390 g/mol. The highest BCUT2D eigenvalue weighted by Crippen LogP contribution is 2.24. The zero-order valence-corrected chi connectivity index (χ0v) is 15.5. The summed E-state index contributed by atoms with van der Waals surface area (Å²) >= 11 is 2.56. The van der Waals surface area contributed by atoms with Crippen molar-refractivity contribution in [1.29, 1.82) is 0 Å². The molecule has 10 heteroatoms. The van der Waals surface area contributed by atoms with Crippen molar-refractivity contribution in [3.63, 3.8) is 0 Å². The number of carbonyl (C=O) groups is 1. The van der Waals surface area contributed by atoms with Crippen molar-refractivity contribution in [3.8, 4) is 11.4 Å². The number of aromatic nitrogens is 5. The summed E-state index contributed by atoms with van der Waals surface area (Å²) in [4.78, 5) is 12.1. The molecule has 0 aliphatic heterocycles. The molecule has 0 atom stereocenters. The van der Waals surface area contributed by atoms with Crippen LogP contribution in [-0.4, -0.2) is 36.6 Å². The van der Waals surface area contributed by atoms with Crippen molar-refractivity contribution in [2.75, 3.05) is 11.1 Å². The number of nitrogens with zero attached hydrogens (tertiary/aromatic N) is 5. The number of benzene rings is 1. The third-order valence-electron chi connectivity index (χ3n) is 3.24. The molecule has 1 aromatic carbocycles. The van der Waals surface area contributed by atoms with Crippen LogP contribution in [0, 0.1) is 12.7 Å². The van der Waals surface area contributed by atoms with Crippen molar-refractivity contribution in [2.24, 2.45) is 0 Å². The molecule has 2 aromatic heterocycles. The molecule has 0 fully saturated rings. The standard InChI is InChI=1S/C16H15FN6OS2/c1-3-8-23-14(11-4-6-12(17)7-5-11)20-22-16(23)25-9-13(24)18-15-21-19-10(2)26-15/h3-7H,1,8-9H2,2H3,(H,18,21,24). The van der Waals surface area contributed by atoms with E-state index in [4.69, 9.17) is 0 Å². The Bertz CT molecular complexity index is 921. The van der Waals surface area contributed by atoms with Gasteiger partial charge >= 0.3 is 0 Å². The Balaban J connectivity index is 1.72. The molecule has 0 saturated carbocycles. The van der Waals surface area contributed by atoms with Crippen LogP contribution in [0.15, 0.2) is 42.1 Å². The molecule has 0 bridgehead atoms. The first kappa shape index (κ1) is 18.2. The van der Waals surface area contributed by atoms with Crippen molar-refractivity contribution < 1.29 is 9.18 Å². The number of anilines is 1. The molecular weight excluding hydrogens is 375 g/mol. The number of hydrogen-bond acceptors (Lipinski definition) is 7. The molecule has 2 heterocycles. The largest absolute Gasteiger partial charge is 0.300 e. The number of nitrogens with one attached hydrogen (secondary N) is 1. The normalized spacial score (nSPS) is 10.7. The zero-order chi connectivity index (χ0) is 18.5. The Morgan fingerprint density at radius 1 is 1.31 bits per heavy atom. The van der Waals surface area contributed by atoms with Crippen LogP contribution in [0.4, 0.5) is 9.52 Å². The number of thioether (sulfide) groups is 1. The highest BCUT2D eigenvalue weighted by Gasteiger charge is 2.15. The average Bonchev–Trinajstić information content (AvgIpc) is 3.20. The maximum atomic E-state index is 13.1. The Labute approximate surface area is 157 Å². The highest BCUT2D eigenvalue weighted by atomic mass is 32.2. The number of hydrogen-bond donors (Lipinski definition) is 1. The molecule has 0 spiro atoms. The molecule has 0 saturated heterocycles. The van der Waals surface area contributed by atoms with Crippen LogP contribution in [0.5, 0.6) is 0 Å². The van der Waals surface area contributed by atoms with Gasteiger partial charge in [0.15, 0.2) is 11.0 Å². The summed E-state index contributed by atoms with van der Waals surface area (Å²) in [5.74, 6) is 0.217. The van der Waals surface area contributed by atoms with Gasteiger partial charge in [-0.2, -0.15) is 0 Å². The number of allylic oxidation sites excluding steroid dienone is 1. The Hall–Kier alpha value is -2.59. The molecule has 1 amide bonds. The fourth-order valence-electron chi connectivity index (χ4n) is 2.13. The van der Waals surface area contributed by atoms with Gasteiger partial charge < -0.3 is 0 Å². The molecule has 0 aliphatic rings. The summed E-state index contributed by atoms with van der Waals surface area (Å²) < 4.78 is 15.0. The maximum absolute atomic E-state index is 13.1. The predicted molar refractivity (Wildman–Crippen MR) is 99.6 cm³/mol. The van der Waals surface area contributed by atoms with E-state index < -0.39 is 0 Å². The van der Waals surface area contributed by atoms with Gasteiger partial charge in [-0.1, -0.05) is 29.2 Å². The number of rotatable bonds is 7. The number of amides is 1. The summed E-state index contributed by atoms with van der Waals surface area (Å²) in [6.07, 6.45) is 1.71. The molecular formula is C16H15FN6OS2. The molecule has 0 aliphatic carbocycles. The van der Waals surface area contributed by atoms with Crippen LogP contribution in [0.25, 0.3) is 11.4 Å². The van der Waals surface area contributed by atoms with Crippen molar-refractivity contribution in [1.82, 2.24) is 25.0 Å². The van der Waals surface area contributed by atoms with Gasteiger partial charge in [-0.25, -0.2) is 4.39 Å². The van der Waals surface area contributed by atoms with Gasteiger partial charge in [0, 0.05) is 12.1 Å². The first-order valence-corrected chi connectivity index (χ1v) is 9.40. The fourth-order valence-corrected chi connectivity index (χ4v) is 3.49. The number of aryl methyl sites for hydroxylation is 1. The molecule has 3 aromatic rings. The van der Waals surface area contributed by atoms with Crippen LogP contribution in [0.2, 0.25) is 0 Å². The molecule has 1 N–H and O–H groups in total. The van der Waals surface area contributed by atoms with E-state index in [1.165, 1.54) is 35.2 Å². The lowest BCUT2D eigenvalue weighted by Gasteiger charge is -2.07. The van der Waals surface area contributed by atoms with E-state index in [1.54, 1.807) is 18.2 Å². The summed E-state index contributed by atoms with van der Waals surface area (Å²) in [5.41, 5.74) is 0.737. The van der Waals surface area contributed by atoms with Gasteiger partial charge in [0.2, 0.25) is 11.0 Å². The predicted octanol–water partition coefficient (Wildman–Crippen LogP) is 3.16. The van der Waals surface area contributed by atoms with E-state index in [0.717, 1.165) is 10.6 Å². The van der Waals surface area contributed by atoms with E-state index in [9.17, 15) is 9.18 Å². The molecule has 26 heavy (non-hydrogen) atoms. The van der Waals surface area contributed by atoms with Crippen LogP contribution >= 0.6 is 23.1 Å². The minimum atomic E-state index is -0.318. The molecule has 0 radical (unpaired) electrons. The second kappa shape index (κ2) is 8.19. The first-order chi connectivity index (χ1) is 12.6. The monoisotopic (exact) mass is 390 g/mol. The Morgan fingerprint density at radius 3 is 2.73 bits per heavy atom. The summed E-state index contributed by atoms with van der Waals surface area (Å²) in [7, 11) is 0. The second-order valence-corrected chi connectivity index (χ2v) is 7.30. The lowest BCUT2D eigenvalue weighted by molar-refractivity contribution is -0.113. The van der Waals surface area contributed by atoms with Gasteiger partial charge in [-0.3, -0.25) is 14.7 Å². The Morgan fingerprint density at radius 2 is 2.08 bits per heavy atom. The van der Waals surface area contributed by atoms with E-state index in [-0.39, 0.29) is 17.5 Å². The fraction of sp³-hybridized carbons (Fsp3) is 0.188. The molecule has 134 valence electrons. The summed E-state index contributed by atoms with van der Waals surface area (Å²) in [5, 5.41) is 20.5. The molecule has 3 rings (SSSR count). The lowest BCUT2D eigenvalue weighted by Crippen LogP contribution is -2.14. The van der Waals surface area contributed by atoms with Crippen molar-refractivity contribution in [2.45, 2.75) is 18.6 Å². The third-order valence-corrected chi connectivity index (χ3v) is 4.96. The lowest BCUT2D eigenvalue weighted by atomic mass is 10.2.